The molecule has 1 aromatic rings. The highest BCUT2D eigenvalue weighted by Gasteiger charge is 2.07. The van der Waals surface area contributed by atoms with Crippen molar-refractivity contribution in [2.45, 2.75) is 19.3 Å². The largest absolute Gasteiger partial charge is 0.299 e. The summed E-state index contributed by atoms with van der Waals surface area (Å²) in [5.74, 6) is 0.162. The number of carbonyl (C=O) groups is 1. The third-order valence-electron chi connectivity index (χ3n) is 2.29. The van der Waals surface area contributed by atoms with E-state index in [1.807, 2.05) is 24.3 Å². The highest BCUT2D eigenvalue weighted by molar-refractivity contribution is 9.10. The minimum absolute atomic E-state index is 0.0796. The Morgan fingerprint density at radius 1 is 1.24 bits per heavy atom. The molecular formula is C12H15BrO3S. The van der Waals surface area contributed by atoms with Crippen molar-refractivity contribution in [1.29, 1.82) is 0 Å². The molecule has 0 fully saturated rings. The fourth-order valence-corrected chi connectivity index (χ4v) is 2.38. The van der Waals surface area contributed by atoms with Crippen LogP contribution in [0.15, 0.2) is 28.7 Å². The van der Waals surface area contributed by atoms with E-state index >= 15 is 0 Å². The number of carbonyl (C=O) groups excluding carboxylic acids is 1. The Balaban J connectivity index is 2.37. The van der Waals surface area contributed by atoms with Gasteiger partial charge in [-0.15, -0.1) is 0 Å². The summed E-state index contributed by atoms with van der Waals surface area (Å²) < 4.78 is 22.8. The summed E-state index contributed by atoms with van der Waals surface area (Å²) in [4.78, 5) is 11.6. The molecule has 0 aliphatic carbocycles. The highest BCUT2D eigenvalue weighted by Crippen LogP contribution is 2.11. The van der Waals surface area contributed by atoms with Gasteiger partial charge in [0.15, 0.2) is 0 Å². The molecule has 0 radical (unpaired) electrons. The Hall–Kier alpha value is -0.680. The van der Waals surface area contributed by atoms with E-state index in [1.165, 1.54) is 6.26 Å². The molecule has 1 aromatic carbocycles. The molecule has 0 N–H and O–H groups in total. The summed E-state index contributed by atoms with van der Waals surface area (Å²) in [6.45, 7) is 0. The average Bonchev–Trinajstić information content (AvgIpc) is 2.19. The number of rotatable bonds is 6. The fourth-order valence-electron chi connectivity index (χ4n) is 1.45. The lowest BCUT2D eigenvalue weighted by molar-refractivity contribution is -0.118. The predicted molar refractivity (Wildman–Crippen MR) is 71.8 cm³/mol. The zero-order chi connectivity index (χ0) is 12.9. The Kier molecular flexibility index (Phi) is 5.33. The number of hydrogen-bond donors (Lipinski definition) is 0. The summed E-state index contributed by atoms with van der Waals surface area (Å²) >= 11 is 3.32. The lowest BCUT2D eigenvalue weighted by Crippen LogP contribution is -2.08. The quantitative estimate of drug-likeness (QED) is 0.809. The van der Waals surface area contributed by atoms with Crippen LogP contribution in [0.2, 0.25) is 0 Å². The minimum Gasteiger partial charge on any atom is -0.299 e. The monoisotopic (exact) mass is 318 g/mol. The van der Waals surface area contributed by atoms with Gasteiger partial charge in [0, 0.05) is 23.6 Å². The average molecular weight is 319 g/mol. The molecule has 17 heavy (non-hydrogen) atoms. The van der Waals surface area contributed by atoms with E-state index in [0.29, 0.717) is 19.3 Å². The Labute approximate surface area is 110 Å². The molecule has 0 spiro atoms. The zero-order valence-corrected chi connectivity index (χ0v) is 12.1. The molecule has 0 bridgehead atoms. The Bertz CT molecular complexity index is 477. The van der Waals surface area contributed by atoms with Gasteiger partial charge in [0.1, 0.15) is 15.6 Å². The van der Waals surface area contributed by atoms with E-state index in [9.17, 15) is 13.2 Å². The normalized spacial score (nSPS) is 11.4. The van der Waals surface area contributed by atoms with Gasteiger partial charge in [-0.3, -0.25) is 4.79 Å². The van der Waals surface area contributed by atoms with Crippen LogP contribution in [0, 0.1) is 0 Å². The third-order valence-corrected chi connectivity index (χ3v) is 3.84. The maximum Gasteiger partial charge on any atom is 0.147 e. The molecule has 0 heterocycles. The molecule has 5 heteroatoms. The van der Waals surface area contributed by atoms with Crippen LogP contribution in [0.3, 0.4) is 0 Å². The fraction of sp³-hybridized carbons (Fsp3) is 0.417. The summed E-state index contributed by atoms with van der Waals surface area (Å²) in [7, 11) is -2.96. The standard InChI is InChI=1S/C12H15BrO3S/c1-17(15,16)8-2-3-12(14)9-10-4-6-11(13)7-5-10/h4-7H,2-3,8-9H2,1H3. The van der Waals surface area contributed by atoms with E-state index in [-0.39, 0.29) is 11.5 Å². The van der Waals surface area contributed by atoms with Crippen LogP contribution in [0.4, 0.5) is 0 Å². The summed E-state index contributed by atoms with van der Waals surface area (Å²) in [5.41, 5.74) is 0.956. The van der Waals surface area contributed by atoms with Crippen molar-refractivity contribution in [3.63, 3.8) is 0 Å². The van der Waals surface area contributed by atoms with Gasteiger partial charge in [0.05, 0.1) is 5.75 Å². The summed E-state index contributed by atoms with van der Waals surface area (Å²) in [6, 6.07) is 7.55. The Morgan fingerprint density at radius 3 is 2.35 bits per heavy atom. The van der Waals surface area contributed by atoms with Crippen LogP contribution in [0.25, 0.3) is 0 Å². The van der Waals surface area contributed by atoms with Crippen molar-refractivity contribution in [3.05, 3.63) is 34.3 Å². The van der Waals surface area contributed by atoms with Gasteiger partial charge in [-0.05, 0) is 24.1 Å². The first-order chi connectivity index (χ1) is 7.87. The number of ketones is 1. The molecule has 0 atom stereocenters. The highest BCUT2D eigenvalue weighted by atomic mass is 79.9. The predicted octanol–water partition coefficient (Wildman–Crippen LogP) is 2.39. The van der Waals surface area contributed by atoms with Gasteiger partial charge in [-0.2, -0.15) is 0 Å². The van der Waals surface area contributed by atoms with Crippen LogP contribution in [-0.4, -0.2) is 26.2 Å². The topological polar surface area (TPSA) is 51.2 Å². The summed E-state index contributed by atoms with van der Waals surface area (Å²) in [6.07, 6.45) is 2.29. The maximum atomic E-state index is 11.6. The van der Waals surface area contributed by atoms with Gasteiger partial charge >= 0.3 is 0 Å². The smallest absolute Gasteiger partial charge is 0.147 e. The second-order valence-electron chi connectivity index (χ2n) is 4.08. The molecule has 0 saturated carbocycles. The van der Waals surface area contributed by atoms with Crippen molar-refractivity contribution < 1.29 is 13.2 Å². The molecule has 0 amide bonds. The maximum absolute atomic E-state index is 11.6. The molecule has 0 saturated heterocycles. The number of hydrogen-bond acceptors (Lipinski definition) is 3. The van der Waals surface area contributed by atoms with E-state index in [4.69, 9.17) is 0 Å². The van der Waals surface area contributed by atoms with Gasteiger partial charge in [-0.1, -0.05) is 28.1 Å². The summed E-state index contributed by atoms with van der Waals surface area (Å²) in [5, 5.41) is 0. The van der Waals surface area contributed by atoms with Gasteiger partial charge < -0.3 is 0 Å². The van der Waals surface area contributed by atoms with Crippen molar-refractivity contribution in [1.82, 2.24) is 0 Å². The lowest BCUT2D eigenvalue weighted by atomic mass is 10.1. The van der Waals surface area contributed by atoms with Crippen molar-refractivity contribution in [2.24, 2.45) is 0 Å². The van der Waals surface area contributed by atoms with E-state index in [0.717, 1.165) is 10.0 Å². The first-order valence-electron chi connectivity index (χ1n) is 5.31. The van der Waals surface area contributed by atoms with Crippen molar-refractivity contribution in [2.75, 3.05) is 12.0 Å². The minimum atomic E-state index is -2.96. The van der Waals surface area contributed by atoms with Crippen LogP contribution < -0.4 is 0 Å². The van der Waals surface area contributed by atoms with Crippen molar-refractivity contribution in [3.8, 4) is 0 Å². The first-order valence-corrected chi connectivity index (χ1v) is 8.16. The van der Waals surface area contributed by atoms with Crippen molar-refractivity contribution >= 4 is 31.6 Å². The molecule has 0 unspecified atom stereocenters. The second kappa shape index (κ2) is 6.31. The number of Topliss-reactive ketones (excluding diaryl/α,β-unsaturated/α-hetero) is 1. The third kappa shape index (κ3) is 6.58. The van der Waals surface area contributed by atoms with Gasteiger partial charge in [0.25, 0.3) is 0 Å². The van der Waals surface area contributed by atoms with Crippen LogP contribution in [-0.2, 0) is 21.1 Å². The Morgan fingerprint density at radius 2 is 1.82 bits per heavy atom. The SMILES string of the molecule is CS(=O)(=O)CCCC(=O)Cc1ccc(Br)cc1. The molecule has 0 aromatic heterocycles. The molecule has 0 aliphatic rings. The number of benzene rings is 1. The molecule has 0 aliphatic heterocycles. The molecular weight excluding hydrogens is 304 g/mol. The van der Waals surface area contributed by atoms with Crippen LogP contribution >= 0.6 is 15.9 Å². The van der Waals surface area contributed by atoms with E-state index < -0.39 is 9.84 Å². The van der Waals surface area contributed by atoms with Crippen LogP contribution in [0.1, 0.15) is 18.4 Å². The lowest BCUT2D eigenvalue weighted by Gasteiger charge is -2.01. The molecule has 94 valence electrons. The number of halogens is 1. The van der Waals surface area contributed by atoms with E-state index in [2.05, 4.69) is 15.9 Å². The molecule has 1 rings (SSSR count). The second-order valence-corrected chi connectivity index (χ2v) is 7.25. The van der Waals surface area contributed by atoms with Gasteiger partial charge in [-0.25, -0.2) is 8.42 Å². The van der Waals surface area contributed by atoms with E-state index in [1.54, 1.807) is 0 Å². The number of sulfone groups is 1. The zero-order valence-electron chi connectivity index (χ0n) is 9.65. The van der Waals surface area contributed by atoms with Gasteiger partial charge in [0.2, 0.25) is 0 Å². The van der Waals surface area contributed by atoms with Crippen LogP contribution in [0.5, 0.6) is 0 Å². The molecule has 3 nitrogen and oxygen atoms in total. The first kappa shape index (κ1) is 14.4.